The minimum atomic E-state index is -4.76. The van der Waals surface area contributed by atoms with Crippen LogP contribution in [0, 0.1) is 5.82 Å². The Balaban J connectivity index is 2.93. The van der Waals surface area contributed by atoms with Gasteiger partial charge in [-0.25, -0.2) is 13.2 Å². The minimum absolute atomic E-state index is 0.0500. The van der Waals surface area contributed by atoms with E-state index in [1.165, 1.54) is 26.2 Å². The Morgan fingerprint density at radius 2 is 2.00 bits per heavy atom. The maximum absolute atomic E-state index is 13.5. The van der Waals surface area contributed by atoms with E-state index in [0.29, 0.717) is 4.90 Å². The van der Waals surface area contributed by atoms with E-state index in [4.69, 9.17) is 0 Å². The lowest BCUT2D eigenvalue weighted by molar-refractivity contribution is -0.181. The standard InChI is InChI=1S/C13H14F5NO2/c1-3-19(12(20)13(17,18)11(15)16)7-8-4-5-10(21-2)9(14)6-8/h4-6,11H,3,7H2,1-2H3. The quantitative estimate of drug-likeness (QED) is 0.756. The highest BCUT2D eigenvalue weighted by atomic mass is 19.3. The molecule has 21 heavy (non-hydrogen) atoms. The number of alkyl halides is 4. The molecule has 0 spiro atoms. The smallest absolute Gasteiger partial charge is 0.383 e. The number of hydrogen-bond donors (Lipinski definition) is 0. The van der Waals surface area contributed by atoms with Gasteiger partial charge in [0.15, 0.2) is 11.6 Å². The number of carbonyl (C=O) groups excluding carboxylic acids is 1. The van der Waals surface area contributed by atoms with E-state index in [2.05, 4.69) is 4.74 Å². The normalized spacial score (nSPS) is 11.6. The predicted octanol–water partition coefficient (Wildman–Crippen LogP) is 3.08. The maximum atomic E-state index is 13.5. The molecule has 0 unspecified atom stereocenters. The molecule has 0 fully saturated rings. The van der Waals surface area contributed by atoms with Crippen LogP contribution in [-0.2, 0) is 11.3 Å². The third kappa shape index (κ3) is 3.83. The van der Waals surface area contributed by atoms with Crippen LogP contribution < -0.4 is 4.74 Å². The number of rotatable bonds is 6. The fourth-order valence-electron chi connectivity index (χ4n) is 1.66. The van der Waals surface area contributed by atoms with E-state index in [9.17, 15) is 26.7 Å². The summed E-state index contributed by atoms with van der Waals surface area (Å²) < 4.78 is 68.6. The van der Waals surface area contributed by atoms with Crippen LogP contribution in [0.5, 0.6) is 5.75 Å². The van der Waals surface area contributed by atoms with Crippen molar-refractivity contribution in [1.29, 1.82) is 0 Å². The molecule has 0 saturated heterocycles. The average molecular weight is 311 g/mol. The highest BCUT2D eigenvalue weighted by Gasteiger charge is 2.50. The van der Waals surface area contributed by atoms with Crippen molar-refractivity contribution in [3.63, 3.8) is 0 Å². The van der Waals surface area contributed by atoms with Crippen LogP contribution >= 0.6 is 0 Å². The number of amides is 1. The topological polar surface area (TPSA) is 29.5 Å². The van der Waals surface area contributed by atoms with Gasteiger partial charge in [0.1, 0.15) is 0 Å². The lowest BCUT2D eigenvalue weighted by Gasteiger charge is -2.25. The van der Waals surface area contributed by atoms with Crippen molar-refractivity contribution in [1.82, 2.24) is 4.90 Å². The molecule has 1 aromatic rings. The molecule has 0 N–H and O–H groups in total. The van der Waals surface area contributed by atoms with Crippen LogP contribution in [0.1, 0.15) is 12.5 Å². The van der Waals surface area contributed by atoms with Crippen molar-refractivity contribution in [2.24, 2.45) is 0 Å². The first kappa shape index (κ1) is 17.2. The zero-order valence-corrected chi connectivity index (χ0v) is 11.4. The largest absolute Gasteiger partial charge is 0.494 e. The Labute approximate surface area is 118 Å². The molecule has 0 atom stereocenters. The van der Waals surface area contributed by atoms with E-state index in [-0.39, 0.29) is 17.9 Å². The zero-order valence-electron chi connectivity index (χ0n) is 11.4. The maximum Gasteiger partial charge on any atom is 0.383 e. The van der Waals surface area contributed by atoms with Gasteiger partial charge >= 0.3 is 12.3 Å². The molecule has 0 saturated carbocycles. The first-order chi connectivity index (χ1) is 9.73. The molecule has 0 aliphatic heterocycles. The fourth-order valence-corrected chi connectivity index (χ4v) is 1.66. The molecule has 0 aliphatic rings. The highest BCUT2D eigenvalue weighted by molar-refractivity contribution is 5.84. The molecular formula is C13H14F5NO2. The fraction of sp³-hybridized carbons (Fsp3) is 0.462. The summed E-state index contributed by atoms with van der Waals surface area (Å²) in [5.74, 6) is -7.54. The Morgan fingerprint density at radius 3 is 2.43 bits per heavy atom. The lowest BCUT2D eigenvalue weighted by Crippen LogP contribution is -2.47. The van der Waals surface area contributed by atoms with Gasteiger partial charge in [-0.3, -0.25) is 4.79 Å². The van der Waals surface area contributed by atoms with E-state index in [0.717, 1.165) is 6.07 Å². The van der Waals surface area contributed by atoms with Gasteiger partial charge in [0, 0.05) is 13.1 Å². The predicted molar refractivity (Wildman–Crippen MR) is 65.0 cm³/mol. The van der Waals surface area contributed by atoms with Crippen molar-refractivity contribution in [3.8, 4) is 5.75 Å². The lowest BCUT2D eigenvalue weighted by atomic mass is 10.1. The van der Waals surface area contributed by atoms with E-state index >= 15 is 0 Å². The summed E-state index contributed by atoms with van der Waals surface area (Å²) in [7, 11) is 1.25. The summed E-state index contributed by atoms with van der Waals surface area (Å²) in [6, 6.07) is 3.61. The second kappa shape index (κ2) is 6.73. The Morgan fingerprint density at radius 1 is 1.38 bits per heavy atom. The summed E-state index contributed by atoms with van der Waals surface area (Å²) in [5.41, 5.74) is 0.188. The Kier molecular flexibility index (Phi) is 5.51. The van der Waals surface area contributed by atoms with E-state index in [1.54, 1.807) is 0 Å². The van der Waals surface area contributed by atoms with Gasteiger partial charge in [-0.2, -0.15) is 8.78 Å². The van der Waals surface area contributed by atoms with Crippen LogP contribution in [0.15, 0.2) is 18.2 Å². The van der Waals surface area contributed by atoms with Crippen LogP contribution in [0.25, 0.3) is 0 Å². The number of carbonyl (C=O) groups is 1. The summed E-state index contributed by atoms with van der Waals surface area (Å²) in [6.07, 6.45) is -4.09. The van der Waals surface area contributed by atoms with E-state index in [1.807, 2.05) is 0 Å². The summed E-state index contributed by atoms with van der Waals surface area (Å²) >= 11 is 0. The number of methoxy groups -OCH3 is 1. The van der Waals surface area contributed by atoms with Crippen molar-refractivity contribution < 1.29 is 31.5 Å². The van der Waals surface area contributed by atoms with Gasteiger partial charge in [-0.1, -0.05) is 6.07 Å². The number of nitrogens with zero attached hydrogens (tertiary/aromatic N) is 1. The first-order valence-electron chi connectivity index (χ1n) is 6.01. The van der Waals surface area contributed by atoms with Gasteiger partial charge in [0.05, 0.1) is 7.11 Å². The third-order valence-electron chi connectivity index (χ3n) is 2.82. The van der Waals surface area contributed by atoms with Crippen molar-refractivity contribution >= 4 is 5.91 Å². The second-order valence-corrected chi connectivity index (χ2v) is 4.21. The minimum Gasteiger partial charge on any atom is -0.494 e. The monoisotopic (exact) mass is 311 g/mol. The van der Waals surface area contributed by atoms with Gasteiger partial charge in [0.25, 0.3) is 5.91 Å². The molecule has 8 heteroatoms. The van der Waals surface area contributed by atoms with E-state index < -0.39 is 30.6 Å². The summed E-state index contributed by atoms with van der Waals surface area (Å²) in [6.45, 7) is 0.743. The molecule has 118 valence electrons. The highest BCUT2D eigenvalue weighted by Crippen LogP contribution is 2.26. The molecule has 1 aromatic carbocycles. The number of halogens is 5. The van der Waals surface area contributed by atoms with Gasteiger partial charge in [0.2, 0.25) is 0 Å². The van der Waals surface area contributed by atoms with Crippen molar-refractivity contribution in [2.45, 2.75) is 25.8 Å². The van der Waals surface area contributed by atoms with Gasteiger partial charge < -0.3 is 9.64 Å². The summed E-state index contributed by atoms with van der Waals surface area (Å²) in [4.78, 5) is 12.0. The van der Waals surface area contributed by atoms with Crippen molar-refractivity contribution in [2.75, 3.05) is 13.7 Å². The number of ether oxygens (including phenoxy) is 1. The number of benzene rings is 1. The molecule has 0 radical (unpaired) electrons. The van der Waals surface area contributed by atoms with Gasteiger partial charge in [-0.15, -0.1) is 0 Å². The molecule has 0 aliphatic carbocycles. The zero-order chi connectivity index (χ0) is 16.2. The van der Waals surface area contributed by atoms with Crippen LogP contribution in [0.2, 0.25) is 0 Å². The molecule has 1 rings (SSSR count). The SMILES string of the molecule is CCN(Cc1ccc(OC)c(F)c1)C(=O)C(F)(F)C(F)F. The summed E-state index contributed by atoms with van der Waals surface area (Å²) in [5, 5.41) is 0. The molecule has 0 bridgehead atoms. The molecule has 0 heterocycles. The average Bonchev–Trinajstić information content (AvgIpc) is 2.43. The molecule has 3 nitrogen and oxygen atoms in total. The second-order valence-electron chi connectivity index (χ2n) is 4.21. The van der Waals surface area contributed by atoms with Crippen LogP contribution in [-0.4, -0.2) is 36.8 Å². The Hall–Kier alpha value is -1.86. The number of hydrogen-bond acceptors (Lipinski definition) is 2. The first-order valence-corrected chi connectivity index (χ1v) is 6.01. The molecular weight excluding hydrogens is 297 g/mol. The van der Waals surface area contributed by atoms with Crippen LogP contribution in [0.3, 0.4) is 0 Å². The van der Waals surface area contributed by atoms with Crippen molar-refractivity contribution in [3.05, 3.63) is 29.6 Å². The van der Waals surface area contributed by atoms with Gasteiger partial charge in [-0.05, 0) is 24.6 Å². The molecule has 1 amide bonds. The molecule has 0 aromatic heterocycles. The van der Waals surface area contributed by atoms with Crippen LogP contribution in [0.4, 0.5) is 22.0 Å². The Bertz CT molecular complexity index is 507. The third-order valence-corrected chi connectivity index (χ3v) is 2.82.